The Labute approximate surface area is 142 Å². The number of halogens is 1. The van der Waals surface area contributed by atoms with Gasteiger partial charge >= 0.3 is 0 Å². The summed E-state index contributed by atoms with van der Waals surface area (Å²) in [5.74, 6) is 0.206. The van der Waals surface area contributed by atoms with Gasteiger partial charge in [0.15, 0.2) is 5.78 Å². The smallest absolute Gasteiger partial charge is 0.164 e. The van der Waals surface area contributed by atoms with Gasteiger partial charge in [0.1, 0.15) is 0 Å². The van der Waals surface area contributed by atoms with E-state index in [0.717, 1.165) is 48.1 Å². The van der Waals surface area contributed by atoms with Crippen molar-refractivity contribution in [2.75, 3.05) is 36.0 Å². The van der Waals surface area contributed by atoms with E-state index in [1.54, 1.807) is 0 Å². The number of anilines is 2. The van der Waals surface area contributed by atoms with Crippen LogP contribution in [0, 0.1) is 0 Å². The van der Waals surface area contributed by atoms with E-state index >= 15 is 0 Å². The molecular formula is C19H21ClN2O. The standard InChI is InChI=1S/C19H21ClN2O/c1-2-19(23)17-8-3-4-9-18(17)22-12-10-21(11-13-22)16-7-5-6-15(20)14-16/h3-9,14H,2,10-13H2,1H3. The van der Waals surface area contributed by atoms with Crippen LogP contribution in [0.25, 0.3) is 0 Å². The molecule has 1 fully saturated rings. The lowest BCUT2D eigenvalue weighted by Crippen LogP contribution is -2.47. The van der Waals surface area contributed by atoms with Crippen molar-refractivity contribution in [3.05, 3.63) is 59.1 Å². The molecule has 1 aliphatic heterocycles. The zero-order chi connectivity index (χ0) is 16.2. The first kappa shape index (κ1) is 15.9. The Morgan fingerprint density at radius 2 is 1.70 bits per heavy atom. The number of carbonyl (C=O) groups is 1. The van der Waals surface area contributed by atoms with Crippen molar-refractivity contribution in [1.29, 1.82) is 0 Å². The number of rotatable bonds is 4. The van der Waals surface area contributed by atoms with Gasteiger partial charge in [0.2, 0.25) is 0 Å². The monoisotopic (exact) mass is 328 g/mol. The minimum absolute atomic E-state index is 0.206. The molecule has 2 aromatic carbocycles. The maximum absolute atomic E-state index is 12.1. The number of hydrogen-bond donors (Lipinski definition) is 0. The molecule has 0 N–H and O–H groups in total. The molecule has 0 radical (unpaired) electrons. The molecule has 0 atom stereocenters. The van der Waals surface area contributed by atoms with Crippen LogP contribution in [0.3, 0.4) is 0 Å². The molecule has 0 amide bonds. The van der Waals surface area contributed by atoms with Crippen molar-refractivity contribution in [2.24, 2.45) is 0 Å². The Kier molecular flexibility index (Phi) is 4.87. The van der Waals surface area contributed by atoms with Gasteiger partial charge in [0, 0.05) is 54.6 Å². The molecule has 4 heteroatoms. The lowest BCUT2D eigenvalue weighted by Gasteiger charge is -2.38. The van der Waals surface area contributed by atoms with Crippen LogP contribution >= 0.6 is 11.6 Å². The van der Waals surface area contributed by atoms with E-state index in [4.69, 9.17) is 11.6 Å². The summed E-state index contributed by atoms with van der Waals surface area (Å²) >= 11 is 6.09. The predicted molar refractivity (Wildman–Crippen MR) is 96.9 cm³/mol. The van der Waals surface area contributed by atoms with Gasteiger partial charge < -0.3 is 9.80 Å². The Hall–Kier alpha value is -2.00. The second kappa shape index (κ2) is 7.05. The highest BCUT2D eigenvalue weighted by atomic mass is 35.5. The van der Waals surface area contributed by atoms with Gasteiger partial charge in [-0.25, -0.2) is 0 Å². The molecule has 1 heterocycles. The summed E-state index contributed by atoms with van der Waals surface area (Å²) in [7, 11) is 0. The Morgan fingerprint density at radius 1 is 1.00 bits per heavy atom. The summed E-state index contributed by atoms with van der Waals surface area (Å²) < 4.78 is 0. The van der Waals surface area contributed by atoms with E-state index in [0.29, 0.717) is 6.42 Å². The Bertz CT molecular complexity index is 693. The lowest BCUT2D eigenvalue weighted by molar-refractivity contribution is 0.0988. The number of benzene rings is 2. The van der Waals surface area contributed by atoms with Crippen molar-refractivity contribution in [2.45, 2.75) is 13.3 Å². The Balaban J connectivity index is 1.73. The zero-order valence-electron chi connectivity index (χ0n) is 13.3. The highest BCUT2D eigenvalue weighted by Gasteiger charge is 2.21. The van der Waals surface area contributed by atoms with Crippen LogP contribution in [0.4, 0.5) is 11.4 Å². The molecule has 0 aromatic heterocycles. The van der Waals surface area contributed by atoms with E-state index in [2.05, 4.69) is 21.9 Å². The highest BCUT2D eigenvalue weighted by Crippen LogP contribution is 2.26. The van der Waals surface area contributed by atoms with Crippen LogP contribution in [0.5, 0.6) is 0 Å². The fourth-order valence-corrected chi connectivity index (χ4v) is 3.24. The molecule has 2 aromatic rings. The first-order valence-electron chi connectivity index (χ1n) is 8.06. The normalized spacial score (nSPS) is 14.9. The summed E-state index contributed by atoms with van der Waals surface area (Å²) in [6.45, 7) is 5.57. The van der Waals surface area contributed by atoms with Gasteiger partial charge in [-0.1, -0.05) is 36.7 Å². The van der Waals surface area contributed by atoms with Gasteiger partial charge in [-0.15, -0.1) is 0 Å². The molecule has 0 saturated carbocycles. The number of ketones is 1. The fourth-order valence-electron chi connectivity index (χ4n) is 3.05. The van der Waals surface area contributed by atoms with Crippen LogP contribution < -0.4 is 9.80 Å². The van der Waals surface area contributed by atoms with Gasteiger partial charge in [0.05, 0.1) is 0 Å². The van der Waals surface area contributed by atoms with Crippen LogP contribution in [-0.4, -0.2) is 32.0 Å². The molecular weight excluding hydrogens is 308 g/mol. The van der Waals surface area contributed by atoms with Crippen molar-refractivity contribution in [3.8, 4) is 0 Å². The minimum atomic E-state index is 0.206. The van der Waals surface area contributed by atoms with Crippen molar-refractivity contribution in [1.82, 2.24) is 0 Å². The molecule has 23 heavy (non-hydrogen) atoms. The quantitative estimate of drug-likeness (QED) is 0.783. The third-order valence-corrected chi connectivity index (χ3v) is 4.55. The Morgan fingerprint density at radius 3 is 2.39 bits per heavy atom. The van der Waals surface area contributed by atoms with Crippen molar-refractivity contribution in [3.63, 3.8) is 0 Å². The third kappa shape index (κ3) is 3.50. The summed E-state index contributed by atoms with van der Waals surface area (Å²) in [5.41, 5.74) is 3.06. The first-order valence-corrected chi connectivity index (χ1v) is 8.44. The van der Waals surface area contributed by atoms with Crippen molar-refractivity contribution >= 4 is 28.8 Å². The maximum Gasteiger partial charge on any atom is 0.164 e. The molecule has 3 nitrogen and oxygen atoms in total. The third-order valence-electron chi connectivity index (χ3n) is 4.32. The predicted octanol–water partition coefficient (Wildman–Crippen LogP) is 4.26. The van der Waals surface area contributed by atoms with Gasteiger partial charge in [-0.05, 0) is 30.3 Å². The van der Waals surface area contributed by atoms with Gasteiger partial charge in [-0.3, -0.25) is 4.79 Å². The number of piperazine rings is 1. The number of nitrogens with zero attached hydrogens (tertiary/aromatic N) is 2. The number of carbonyl (C=O) groups excluding carboxylic acids is 1. The van der Waals surface area contributed by atoms with Gasteiger partial charge in [0.25, 0.3) is 0 Å². The number of hydrogen-bond acceptors (Lipinski definition) is 3. The van der Waals surface area contributed by atoms with Crippen LogP contribution in [-0.2, 0) is 0 Å². The molecule has 0 bridgehead atoms. The minimum Gasteiger partial charge on any atom is -0.368 e. The second-order valence-corrected chi connectivity index (χ2v) is 6.18. The summed E-state index contributed by atoms with van der Waals surface area (Å²) in [4.78, 5) is 16.8. The van der Waals surface area contributed by atoms with E-state index in [9.17, 15) is 4.79 Å². The zero-order valence-corrected chi connectivity index (χ0v) is 14.1. The SMILES string of the molecule is CCC(=O)c1ccccc1N1CCN(c2cccc(Cl)c2)CC1. The summed E-state index contributed by atoms with van der Waals surface area (Å²) in [6.07, 6.45) is 0.541. The molecule has 0 unspecified atom stereocenters. The molecule has 0 spiro atoms. The second-order valence-electron chi connectivity index (χ2n) is 5.75. The molecule has 0 aliphatic carbocycles. The van der Waals surface area contributed by atoms with E-state index in [1.807, 2.05) is 43.3 Å². The van der Waals surface area contributed by atoms with Crippen LogP contribution in [0.2, 0.25) is 5.02 Å². The van der Waals surface area contributed by atoms with E-state index in [1.165, 1.54) is 0 Å². The maximum atomic E-state index is 12.1. The summed E-state index contributed by atoms with van der Waals surface area (Å²) in [5, 5.41) is 0.767. The van der Waals surface area contributed by atoms with Crippen LogP contribution in [0.15, 0.2) is 48.5 Å². The topological polar surface area (TPSA) is 23.6 Å². The average molecular weight is 329 g/mol. The fraction of sp³-hybridized carbons (Fsp3) is 0.316. The van der Waals surface area contributed by atoms with E-state index < -0.39 is 0 Å². The van der Waals surface area contributed by atoms with Crippen LogP contribution in [0.1, 0.15) is 23.7 Å². The highest BCUT2D eigenvalue weighted by molar-refractivity contribution is 6.30. The lowest BCUT2D eigenvalue weighted by atomic mass is 10.1. The van der Waals surface area contributed by atoms with Crippen molar-refractivity contribution < 1.29 is 4.79 Å². The number of Topliss-reactive ketones (excluding diaryl/α,β-unsaturated/α-hetero) is 1. The van der Waals surface area contributed by atoms with E-state index in [-0.39, 0.29) is 5.78 Å². The molecule has 120 valence electrons. The van der Waals surface area contributed by atoms with Gasteiger partial charge in [-0.2, -0.15) is 0 Å². The first-order chi connectivity index (χ1) is 11.2. The summed E-state index contributed by atoms with van der Waals surface area (Å²) in [6, 6.07) is 15.9. The molecule has 1 aliphatic rings. The molecule has 1 saturated heterocycles. The number of para-hydroxylation sites is 1. The molecule has 3 rings (SSSR count). The largest absolute Gasteiger partial charge is 0.368 e. The average Bonchev–Trinajstić information content (AvgIpc) is 2.61.